The van der Waals surface area contributed by atoms with Crippen LogP contribution < -0.4 is 5.32 Å². The monoisotopic (exact) mass is 533 g/mol. The third-order valence-electron chi connectivity index (χ3n) is 6.67. The quantitative estimate of drug-likeness (QED) is 0.146. The fraction of sp³-hybridized carbons (Fsp3) is 0.0938. The molecule has 0 saturated carbocycles. The van der Waals surface area contributed by atoms with Crippen LogP contribution in [0.15, 0.2) is 103 Å². The van der Waals surface area contributed by atoms with E-state index in [1.54, 1.807) is 54.6 Å². The third-order valence-corrected chi connectivity index (χ3v) is 6.67. The smallest absolute Gasteiger partial charge is 0.339 e. The van der Waals surface area contributed by atoms with E-state index in [-0.39, 0.29) is 22.4 Å². The van der Waals surface area contributed by atoms with Crippen molar-refractivity contribution in [3.63, 3.8) is 0 Å². The fourth-order valence-corrected chi connectivity index (χ4v) is 4.76. The lowest BCUT2D eigenvalue weighted by molar-refractivity contribution is -0.138. The number of esters is 2. The number of para-hydroxylation sites is 1. The van der Waals surface area contributed by atoms with E-state index in [1.807, 2.05) is 30.3 Å². The molecule has 0 saturated heterocycles. The maximum absolute atomic E-state index is 14.2. The molecule has 0 unspecified atom stereocenters. The van der Waals surface area contributed by atoms with E-state index in [1.165, 1.54) is 25.3 Å². The van der Waals surface area contributed by atoms with Crippen molar-refractivity contribution in [3.05, 3.63) is 125 Å². The molecule has 1 aliphatic rings. The number of carbonyl (C=O) groups is 5. The number of fused-ring (bicyclic) bond motifs is 1. The molecule has 4 aromatic rings. The lowest BCUT2D eigenvalue weighted by atomic mass is 9.82. The highest BCUT2D eigenvalue weighted by atomic mass is 16.6. The van der Waals surface area contributed by atoms with E-state index >= 15 is 0 Å². The third kappa shape index (κ3) is 4.90. The van der Waals surface area contributed by atoms with E-state index in [2.05, 4.69) is 5.32 Å². The molecule has 8 heteroatoms. The molecule has 1 aliphatic heterocycles. The molecule has 1 heterocycles. The summed E-state index contributed by atoms with van der Waals surface area (Å²) in [5.41, 5.74) is 2.09. The standard InChI is InChI=1S/C32H23NO7/c1-39-31(37)24-17-9-10-18-25(24)33-30(36)28(35)26(29-22-15-7-8-16-23(22)32(38)40-29)27(34)21-14-6-5-13-20(21)19-11-3-2-4-12-19/h2-18,26,29H,1H3,(H,33,36)/t26-,29-/m0/s1. The zero-order valence-electron chi connectivity index (χ0n) is 21.3. The summed E-state index contributed by atoms with van der Waals surface area (Å²) in [6.07, 6.45) is -1.32. The van der Waals surface area contributed by atoms with Gasteiger partial charge >= 0.3 is 11.9 Å². The number of hydrogen-bond donors (Lipinski definition) is 1. The summed E-state index contributed by atoms with van der Waals surface area (Å²) in [5.74, 6) is -6.06. The largest absolute Gasteiger partial charge is 0.465 e. The molecule has 0 bridgehead atoms. The van der Waals surface area contributed by atoms with Gasteiger partial charge in [0.2, 0.25) is 5.78 Å². The molecule has 4 aromatic carbocycles. The molecule has 0 fully saturated rings. The van der Waals surface area contributed by atoms with Crippen LogP contribution in [-0.4, -0.2) is 36.5 Å². The van der Waals surface area contributed by atoms with Crippen molar-refractivity contribution in [1.82, 2.24) is 0 Å². The molecule has 5 rings (SSSR count). The first-order valence-electron chi connectivity index (χ1n) is 12.4. The Kier molecular flexibility index (Phi) is 7.33. The average molecular weight is 534 g/mol. The number of cyclic esters (lactones) is 1. The summed E-state index contributed by atoms with van der Waals surface area (Å²) >= 11 is 0. The zero-order valence-corrected chi connectivity index (χ0v) is 21.3. The van der Waals surface area contributed by atoms with Crippen LogP contribution >= 0.6 is 0 Å². The Hall–Kier alpha value is -5.37. The highest BCUT2D eigenvalue weighted by Crippen LogP contribution is 2.39. The summed E-state index contributed by atoms with van der Waals surface area (Å²) in [7, 11) is 1.19. The van der Waals surface area contributed by atoms with Crippen LogP contribution in [0.4, 0.5) is 5.69 Å². The van der Waals surface area contributed by atoms with Crippen LogP contribution in [0.5, 0.6) is 0 Å². The summed E-state index contributed by atoms with van der Waals surface area (Å²) in [6.45, 7) is 0. The molecule has 0 aliphatic carbocycles. The molecule has 8 nitrogen and oxygen atoms in total. The second kappa shape index (κ2) is 11.2. The van der Waals surface area contributed by atoms with Gasteiger partial charge in [0.05, 0.1) is 23.9 Å². The predicted molar refractivity (Wildman–Crippen MR) is 146 cm³/mol. The van der Waals surface area contributed by atoms with Gasteiger partial charge in [-0.1, -0.05) is 84.9 Å². The number of carbonyl (C=O) groups excluding carboxylic acids is 5. The highest BCUT2D eigenvalue weighted by molar-refractivity contribution is 6.45. The summed E-state index contributed by atoms with van der Waals surface area (Å²) < 4.78 is 10.3. The Morgan fingerprint density at radius 3 is 2.08 bits per heavy atom. The Morgan fingerprint density at radius 2 is 1.35 bits per heavy atom. The van der Waals surface area contributed by atoms with Gasteiger partial charge in [-0.3, -0.25) is 14.4 Å². The van der Waals surface area contributed by atoms with Crippen LogP contribution in [0, 0.1) is 5.92 Å². The normalized spacial score (nSPS) is 14.4. The van der Waals surface area contributed by atoms with Crippen LogP contribution in [0.25, 0.3) is 11.1 Å². The van der Waals surface area contributed by atoms with E-state index in [0.717, 1.165) is 5.56 Å². The first-order valence-corrected chi connectivity index (χ1v) is 12.4. The predicted octanol–water partition coefficient (Wildman–Crippen LogP) is 5.06. The van der Waals surface area contributed by atoms with Gasteiger partial charge in [0.25, 0.3) is 5.91 Å². The number of Topliss-reactive ketones (excluding diaryl/α,β-unsaturated/α-hetero) is 2. The number of hydrogen-bond acceptors (Lipinski definition) is 7. The van der Waals surface area contributed by atoms with Crippen LogP contribution in [0.2, 0.25) is 0 Å². The second-order valence-electron chi connectivity index (χ2n) is 9.02. The van der Waals surface area contributed by atoms with Gasteiger partial charge in [0, 0.05) is 11.1 Å². The Bertz CT molecular complexity index is 1640. The molecule has 2 atom stereocenters. The first-order chi connectivity index (χ1) is 19.4. The SMILES string of the molecule is COC(=O)c1ccccc1NC(=O)C(=O)[C@H](C(=O)c1ccccc1-c1ccccc1)[C@H]1OC(=O)c2ccccc21. The number of benzene rings is 4. The van der Waals surface area contributed by atoms with Gasteiger partial charge in [-0.15, -0.1) is 0 Å². The van der Waals surface area contributed by atoms with Crippen molar-refractivity contribution in [2.75, 3.05) is 12.4 Å². The summed E-state index contributed by atoms with van der Waals surface area (Å²) in [4.78, 5) is 66.2. The van der Waals surface area contributed by atoms with E-state index in [9.17, 15) is 24.0 Å². The van der Waals surface area contributed by atoms with E-state index in [4.69, 9.17) is 9.47 Å². The average Bonchev–Trinajstić information content (AvgIpc) is 3.33. The summed E-state index contributed by atoms with van der Waals surface area (Å²) in [6, 6.07) is 28.3. The summed E-state index contributed by atoms with van der Waals surface area (Å²) in [5, 5.41) is 2.44. The zero-order chi connectivity index (χ0) is 28.2. The van der Waals surface area contributed by atoms with Crippen molar-refractivity contribution in [1.29, 1.82) is 0 Å². The molecular formula is C32H23NO7. The fourth-order valence-electron chi connectivity index (χ4n) is 4.76. The molecule has 0 aromatic heterocycles. The second-order valence-corrected chi connectivity index (χ2v) is 9.02. The molecule has 198 valence electrons. The molecule has 1 N–H and O–H groups in total. The molecular weight excluding hydrogens is 510 g/mol. The van der Waals surface area contributed by atoms with Crippen molar-refractivity contribution < 1.29 is 33.4 Å². The molecule has 0 radical (unpaired) electrons. The first kappa shape index (κ1) is 26.2. The minimum absolute atomic E-state index is 0.0288. The van der Waals surface area contributed by atoms with Gasteiger partial charge in [0.15, 0.2) is 5.78 Å². The van der Waals surface area contributed by atoms with Crippen molar-refractivity contribution in [2.24, 2.45) is 5.92 Å². The van der Waals surface area contributed by atoms with Gasteiger partial charge < -0.3 is 14.8 Å². The Labute approximate surface area is 229 Å². The van der Waals surface area contributed by atoms with Crippen LogP contribution in [0.3, 0.4) is 0 Å². The van der Waals surface area contributed by atoms with Crippen molar-refractivity contribution in [2.45, 2.75) is 6.10 Å². The number of ether oxygens (including phenoxy) is 2. The Morgan fingerprint density at radius 1 is 0.750 bits per heavy atom. The van der Waals surface area contributed by atoms with Gasteiger partial charge in [0.1, 0.15) is 12.0 Å². The number of anilines is 1. The van der Waals surface area contributed by atoms with Crippen LogP contribution in [-0.2, 0) is 19.1 Å². The number of ketones is 2. The lowest BCUT2D eigenvalue weighted by Gasteiger charge is -2.22. The van der Waals surface area contributed by atoms with Crippen molar-refractivity contribution in [3.8, 4) is 11.1 Å². The van der Waals surface area contributed by atoms with Gasteiger partial charge in [-0.25, -0.2) is 9.59 Å². The number of nitrogens with one attached hydrogen (secondary N) is 1. The van der Waals surface area contributed by atoms with Gasteiger partial charge in [-0.05, 0) is 29.3 Å². The molecule has 1 amide bonds. The number of amides is 1. The topological polar surface area (TPSA) is 116 Å². The Balaban J connectivity index is 1.57. The number of rotatable bonds is 8. The van der Waals surface area contributed by atoms with Crippen LogP contribution in [0.1, 0.15) is 42.7 Å². The molecule has 0 spiro atoms. The maximum Gasteiger partial charge on any atom is 0.339 e. The minimum atomic E-state index is -1.69. The highest BCUT2D eigenvalue weighted by Gasteiger charge is 2.46. The van der Waals surface area contributed by atoms with Gasteiger partial charge in [-0.2, -0.15) is 0 Å². The minimum Gasteiger partial charge on any atom is -0.465 e. The van der Waals surface area contributed by atoms with E-state index < -0.39 is 41.4 Å². The lowest BCUT2D eigenvalue weighted by Crippen LogP contribution is -2.38. The number of methoxy groups -OCH3 is 1. The maximum atomic E-state index is 14.2. The molecule has 40 heavy (non-hydrogen) atoms. The van der Waals surface area contributed by atoms with Crippen molar-refractivity contribution >= 4 is 35.1 Å². The van der Waals surface area contributed by atoms with E-state index in [0.29, 0.717) is 11.1 Å².